The Morgan fingerprint density at radius 2 is 0.937 bits per heavy atom. The minimum atomic E-state index is -0.429. The lowest BCUT2D eigenvalue weighted by Crippen LogP contribution is -2.14. The number of hydrogen-bond donors (Lipinski definition) is 0. The summed E-state index contributed by atoms with van der Waals surface area (Å²) in [5.74, 6) is 1.48. The molecule has 10 aromatic carbocycles. The van der Waals surface area contributed by atoms with Crippen molar-refractivity contribution in [2.45, 2.75) is 0 Å². The molecular formula is C58H42N2O2S. The largest absolute Gasteiger partial charge is 0.497 e. The fourth-order valence-corrected chi connectivity index (χ4v) is 10.0. The molecule has 5 heteroatoms. The third kappa shape index (κ3) is 7.08. The zero-order valence-electron chi connectivity index (χ0n) is 39.5. The van der Waals surface area contributed by atoms with Crippen LogP contribution >= 0.6 is 11.3 Å². The van der Waals surface area contributed by atoms with Gasteiger partial charge in [-0.05, 0) is 135 Å². The van der Waals surface area contributed by atoms with E-state index in [4.69, 9.17) is 16.3 Å². The third-order valence-corrected chi connectivity index (χ3v) is 13.0. The molecule has 0 aliphatic heterocycles. The van der Waals surface area contributed by atoms with E-state index in [1.54, 1.807) is 20.3 Å². The van der Waals surface area contributed by atoms with Crippen molar-refractivity contribution in [1.29, 1.82) is 0 Å². The first-order valence-corrected chi connectivity index (χ1v) is 21.5. The Morgan fingerprint density at radius 1 is 0.381 bits per heavy atom. The summed E-state index contributed by atoms with van der Waals surface area (Å²) in [6.07, 6.45) is 0. The van der Waals surface area contributed by atoms with Crippen LogP contribution in [0.15, 0.2) is 218 Å². The quantitative estimate of drug-likeness (QED) is 0.137. The van der Waals surface area contributed by atoms with E-state index >= 15 is 0 Å². The van der Waals surface area contributed by atoms with Crippen molar-refractivity contribution in [3.8, 4) is 33.8 Å². The molecule has 1 heterocycles. The zero-order valence-corrected chi connectivity index (χ0v) is 35.3. The van der Waals surface area contributed by atoms with Crippen LogP contribution in [0.5, 0.6) is 11.5 Å². The van der Waals surface area contributed by atoms with Crippen LogP contribution in [-0.4, -0.2) is 14.2 Å². The van der Waals surface area contributed by atoms with Crippen LogP contribution in [0, 0.1) is 0 Å². The highest BCUT2D eigenvalue weighted by Gasteiger charge is 2.22. The molecule has 1 aromatic heterocycles. The minimum Gasteiger partial charge on any atom is -0.497 e. The number of hydrogen-bond acceptors (Lipinski definition) is 5. The predicted molar refractivity (Wildman–Crippen MR) is 268 cm³/mol. The summed E-state index contributed by atoms with van der Waals surface area (Å²) >= 11 is 1.81. The smallest absolute Gasteiger partial charge is 0.119 e. The molecular weight excluding hydrogens is 789 g/mol. The SMILES string of the molecule is [2H]c1c([2H])c([2H])c(-c2cccc(N(c3cc(-c4cccc5c4sc4c6ccccc6ccc54)cc(N(c4ccc(OC)cc4)c4ccc(OC)cc4)c3)c3ccc4ccccc4c3)c2)c([2H])c1[2H]. The van der Waals surface area contributed by atoms with Gasteiger partial charge in [0.05, 0.1) is 21.1 Å². The topological polar surface area (TPSA) is 24.9 Å². The Balaban J connectivity index is 1.21. The first kappa shape index (κ1) is 32.9. The molecule has 0 saturated heterocycles. The maximum atomic E-state index is 8.93. The standard InChI is InChI=1S/C58H42N2O2S/c1-61-51-29-25-45(26-30-51)59(46-27-31-52(62-2)32-28-46)49-36-44(54-20-11-21-55-56-33-23-41-15-8-9-19-53(41)57(56)63-58(54)55)37-50(38-49)60(48-24-22-40-14-6-7-16-42(40)35-48)47-18-10-17-43(34-47)39-12-4-3-5-13-39/h3-38H,1-2H3/i3D,4D,5D,12D,13D. The third-order valence-electron chi connectivity index (χ3n) is 11.7. The van der Waals surface area contributed by atoms with Gasteiger partial charge in [0.15, 0.2) is 0 Å². The average Bonchev–Trinajstić information content (AvgIpc) is 3.78. The van der Waals surface area contributed by atoms with Gasteiger partial charge in [0.1, 0.15) is 11.5 Å². The highest BCUT2D eigenvalue weighted by atomic mass is 32.1. The molecule has 0 fully saturated rings. The molecule has 0 radical (unpaired) electrons. The van der Waals surface area contributed by atoms with Crippen molar-refractivity contribution < 1.29 is 16.3 Å². The van der Waals surface area contributed by atoms with Gasteiger partial charge in [0.25, 0.3) is 0 Å². The van der Waals surface area contributed by atoms with Crippen molar-refractivity contribution in [2.24, 2.45) is 0 Å². The number of methoxy groups -OCH3 is 2. The van der Waals surface area contributed by atoms with E-state index in [1.165, 1.54) is 30.9 Å². The number of fused-ring (bicyclic) bond motifs is 6. The molecule has 11 rings (SSSR count). The second-order valence-corrected chi connectivity index (χ2v) is 16.4. The molecule has 0 bridgehead atoms. The summed E-state index contributed by atoms with van der Waals surface area (Å²) < 4.78 is 56.9. The maximum absolute atomic E-state index is 8.93. The summed E-state index contributed by atoms with van der Waals surface area (Å²) in [5.41, 5.74) is 7.84. The Morgan fingerprint density at radius 3 is 1.65 bits per heavy atom. The van der Waals surface area contributed by atoms with Gasteiger partial charge < -0.3 is 19.3 Å². The fraction of sp³-hybridized carbons (Fsp3) is 0.0345. The first-order chi connectivity index (χ1) is 33.2. The van der Waals surface area contributed by atoms with Crippen LogP contribution in [0.4, 0.5) is 34.1 Å². The fourth-order valence-electron chi connectivity index (χ4n) is 8.63. The van der Waals surface area contributed by atoms with Crippen LogP contribution in [0.3, 0.4) is 0 Å². The lowest BCUT2D eigenvalue weighted by molar-refractivity contribution is 0.415. The Labute approximate surface area is 378 Å². The molecule has 0 unspecified atom stereocenters. The van der Waals surface area contributed by atoms with Gasteiger partial charge in [-0.25, -0.2) is 0 Å². The molecule has 0 amide bonds. The van der Waals surface area contributed by atoms with Gasteiger partial charge in [0.2, 0.25) is 0 Å². The van der Waals surface area contributed by atoms with Crippen LogP contribution in [-0.2, 0) is 0 Å². The van der Waals surface area contributed by atoms with E-state index in [9.17, 15) is 0 Å². The highest BCUT2D eigenvalue weighted by Crippen LogP contribution is 2.48. The highest BCUT2D eigenvalue weighted by molar-refractivity contribution is 7.27. The zero-order chi connectivity index (χ0) is 46.6. The van der Waals surface area contributed by atoms with Gasteiger partial charge >= 0.3 is 0 Å². The van der Waals surface area contributed by atoms with Crippen molar-refractivity contribution in [3.05, 3.63) is 218 Å². The summed E-state index contributed by atoms with van der Waals surface area (Å²) in [4.78, 5) is 4.42. The van der Waals surface area contributed by atoms with Gasteiger partial charge in [0, 0.05) is 54.3 Å². The van der Waals surface area contributed by atoms with Crippen LogP contribution in [0.1, 0.15) is 6.85 Å². The lowest BCUT2D eigenvalue weighted by Gasteiger charge is -2.31. The van der Waals surface area contributed by atoms with Crippen molar-refractivity contribution >= 4 is 87.2 Å². The molecule has 0 aliphatic rings. The number of ether oxygens (including phenoxy) is 2. The summed E-state index contributed by atoms with van der Waals surface area (Å²) in [6.45, 7) is 0. The van der Waals surface area contributed by atoms with Crippen LogP contribution < -0.4 is 19.3 Å². The maximum Gasteiger partial charge on any atom is 0.119 e. The average molecular weight is 836 g/mol. The Bertz CT molecular complexity index is 3670. The van der Waals surface area contributed by atoms with E-state index in [0.29, 0.717) is 5.56 Å². The van der Waals surface area contributed by atoms with E-state index < -0.39 is 6.04 Å². The predicted octanol–water partition coefficient (Wildman–Crippen LogP) is 16.7. The number of nitrogens with zero attached hydrogens (tertiary/aromatic N) is 2. The number of benzene rings is 10. The number of anilines is 6. The second-order valence-electron chi connectivity index (χ2n) is 15.3. The Hall–Kier alpha value is -7.86. The first-order valence-electron chi connectivity index (χ1n) is 23.2. The van der Waals surface area contributed by atoms with E-state index in [2.05, 4.69) is 137 Å². The molecule has 11 aromatic rings. The normalized spacial score (nSPS) is 12.4. The number of thiophene rings is 1. The Kier molecular flexibility index (Phi) is 8.45. The van der Waals surface area contributed by atoms with Crippen LogP contribution in [0.25, 0.3) is 64.0 Å². The molecule has 0 atom stereocenters. The minimum absolute atomic E-state index is 0.139. The molecule has 0 aliphatic carbocycles. The van der Waals surface area contributed by atoms with E-state index in [1.807, 2.05) is 65.9 Å². The van der Waals surface area contributed by atoms with Crippen molar-refractivity contribution in [1.82, 2.24) is 0 Å². The lowest BCUT2D eigenvalue weighted by atomic mass is 9.99. The summed E-state index contributed by atoms with van der Waals surface area (Å²) in [6, 6.07) is 62.8. The molecule has 63 heavy (non-hydrogen) atoms. The van der Waals surface area contributed by atoms with Gasteiger partial charge in [-0.2, -0.15) is 0 Å². The van der Waals surface area contributed by atoms with Gasteiger partial charge in [-0.3, -0.25) is 0 Å². The van der Waals surface area contributed by atoms with Crippen molar-refractivity contribution in [2.75, 3.05) is 24.0 Å². The molecule has 0 N–H and O–H groups in total. The molecule has 302 valence electrons. The molecule has 0 spiro atoms. The summed E-state index contributed by atoms with van der Waals surface area (Å²) in [5, 5.41) is 6.95. The number of rotatable bonds is 10. The summed E-state index contributed by atoms with van der Waals surface area (Å²) in [7, 11) is 3.33. The molecule has 0 saturated carbocycles. The van der Waals surface area contributed by atoms with Gasteiger partial charge in [-0.15, -0.1) is 11.3 Å². The van der Waals surface area contributed by atoms with E-state index in [-0.39, 0.29) is 29.7 Å². The van der Waals surface area contributed by atoms with Gasteiger partial charge in [-0.1, -0.05) is 127 Å². The van der Waals surface area contributed by atoms with E-state index in [0.717, 1.165) is 67.5 Å². The molecule has 4 nitrogen and oxygen atoms in total. The second kappa shape index (κ2) is 16.2. The monoisotopic (exact) mass is 835 g/mol. The van der Waals surface area contributed by atoms with Crippen LogP contribution in [0.2, 0.25) is 0 Å². The van der Waals surface area contributed by atoms with Crippen molar-refractivity contribution in [3.63, 3.8) is 0 Å².